The molecule has 0 fully saturated rings. The lowest BCUT2D eigenvalue weighted by Gasteiger charge is -2.10. The quantitative estimate of drug-likeness (QED) is 0.558. The largest absolute Gasteiger partial charge is 0.232 e. The van der Waals surface area contributed by atoms with E-state index in [2.05, 4.69) is 41.8 Å². The number of benzene rings is 2. The summed E-state index contributed by atoms with van der Waals surface area (Å²) >= 11 is 6.81. The number of nitrogens with zero attached hydrogens (tertiary/aromatic N) is 4. The maximum atomic E-state index is 9.25. The van der Waals surface area contributed by atoms with E-state index in [1.165, 1.54) is 0 Å². The van der Waals surface area contributed by atoms with E-state index in [9.17, 15) is 10.5 Å². The first-order valence-corrected chi connectivity index (χ1v) is 8.45. The van der Waals surface area contributed by atoms with Crippen LogP contribution in [-0.2, 0) is 0 Å². The summed E-state index contributed by atoms with van der Waals surface area (Å²) in [6.07, 6.45) is 0. The van der Waals surface area contributed by atoms with Crippen LogP contribution in [0.2, 0.25) is 0 Å². The van der Waals surface area contributed by atoms with Crippen molar-refractivity contribution < 1.29 is 0 Å². The minimum absolute atomic E-state index is 0.0243. The van der Waals surface area contributed by atoms with Crippen LogP contribution in [0.25, 0.3) is 22.5 Å². The molecule has 0 radical (unpaired) electrons. The lowest BCUT2D eigenvalue weighted by Crippen LogP contribution is -2.01. The van der Waals surface area contributed by atoms with Gasteiger partial charge in [0.25, 0.3) is 0 Å². The van der Waals surface area contributed by atoms with Gasteiger partial charge in [-0.25, -0.2) is 9.97 Å². The third-order valence-corrected chi connectivity index (χ3v) is 4.40. The third-order valence-electron chi connectivity index (χ3n) is 3.34. The molecule has 0 aliphatic heterocycles. The fraction of sp³-hybridized carbons (Fsp3) is 0. The molecule has 0 aliphatic rings. The molecule has 24 heavy (non-hydrogen) atoms. The van der Waals surface area contributed by atoms with Gasteiger partial charge < -0.3 is 0 Å². The van der Waals surface area contributed by atoms with Gasteiger partial charge in [-0.1, -0.05) is 56.1 Å². The number of hydrogen-bond donors (Lipinski definition) is 0. The Bertz CT molecular complexity index is 899. The van der Waals surface area contributed by atoms with Gasteiger partial charge in [0.1, 0.15) is 12.1 Å². The van der Waals surface area contributed by atoms with Crippen LogP contribution in [0.4, 0.5) is 0 Å². The molecular weight excluding hydrogens is 432 g/mol. The Hall–Kier alpha value is -2.54. The van der Waals surface area contributed by atoms with Crippen LogP contribution in [0.3, 0.4) is 0 Å². The van der Waals surface area contributed by atoms with E-state index in [4.69, 9.17) is 0 Å². The average Bonchev–Trinajstić information content (AvgIpc) is 2.62. The predicted octanol–water partition coefficient (Wildman–Crippen LogP) is 5.08. The van der Waals surface area contributed by atoms with Gasteiger partial charge in [-0.3, -0.25) is 0 Å². The molecule has 3 aromatic rings. The Kier molecular flexibility index (Phi) is 4.71. The highest BCUT2D eigenvalue weighted by Crippen LogP contribution is 2.31. The Morgan fingerprint density at radius 2 is 0.958 bits per heavy atom. The zero-order valence-corrected chi connectivity index (χ0v) is 15.3. The molecule has 0 bridgehead atoms. The summed E-state index contributed by atoms with van der Waals surface area (Å²) in [5.74, 6) is 0. The molecular formula is C18H8Br2N4. The lowest BCUT2D eigenvalue weighted by atomic mass is 10.0. The molecule has 0 saturated heterocycles. The highest BCUT2D eigenvalue weighted by molar-refractivity contribution is 9.10. The van der Waals surface area contributed by atoms with Crippen LogP contribution >= 0.6 is 31.9 Å². The van der Waals surface area contributed by atoms with Crippen molar-refractivity contribution in [3.63, 3.8) is 0 Å². The van der Waals surface area contributed by atoms with Gasteiger partial charge in [0.2, 0.25) is 0 Å². The molecule has 0 saturated carbocycles. The molecule has 2 aromatic carbocycles. The Labute approximate surface area is 155 Å². The van der Waals surface area contributed by atoms with Gasteiger partial charge in [-0.05, 0) is 24.3 Å². The van der Waals surface area contributed by atoms with Crippen molar-refractivity contribution in [2.24, 2.45) is 0 Å². The molecule has 0 atom stereocenters. The van der Waals surface area contributed by atoms with E-state index in [1.807, 2.05) is 60.7 Å². The number of halogens is 2. The molecule has 114 valence electrons. The maximum Gasteiger partial charge on any atom is 0.177 e. The van der Waals surface area contributed by atoms with Crippen molar-refractivity contribution in [1.82, 2.24) is 9.97 Å². The molecule has 0 unspecified atom stereocenters. The SMILES string of the molecule is N#Cc1nc(-c2ccc(Br)cc2)c(-c2ccc(Br)cc2)nc1C#N. The minimum atomic E-state index is 0.0243. The standard InChI is InChI=1S/C18H8Br2N4/c19-13-5-1-11(2-6-13)17-18(12-3-7-14(20)8-4-12)24-16(10-22)15(9-21)23-17/h1-8H. The van der Waals surface area contributed by atoms with Gasteiger partial charge in [-0.15, -0.1) is 0 Å². The normalized spacial score (nSPS) is 10.0. The molecule has 6 heteroatoms. The third kappa shape index (κ3) is 3.21. The summed E-state index contributed by atoms with van der Waals surface area (Å²) in [5.41, 5.74) is 2.84. The smallest absolute Gasteiger partial charge is 0.177 e. The first-order valence-electron chi connectivity index (χ1n) is 6.86. The summed E-state index contributed by atoms with van der Waals surface area (Å²) < 4.78 is 1.89. The Morgan fingerprint density at radius 1 is 0.625 bits per heavy atom. The van der Waals surface area contributed by atoms with Gasteiger partial charge in [0, 0.05) is 20.1 Å². The van der Waals surface area contributed by atoms with Crippen LogP contribution in [0, 0.1) is 22.7 Å². The lowest BCUT2D eigenvalue weighted by molar-refractivity contribution is 1.14. The van der Waals surface area contributed by atoms with Crippen LogP contribution in [-0.4, -0.2) is 9.97 Å². The van der Waals surface area contributed by atoms with Crippen LogP contribution in [0.15, 0.2) is 57.5 Å². The summed E-state index contributed by atoms with van der Waals surface area (Å²) in [6.45, 7) is 0. The van der Waals surface area contributed by atoms with E-state index in [-0.39, 0.29) is 11.4 Å². The number of hydrogen-bond acceptors (Lipinski definition) is 4. The molecule has 4 nitrogen and oxygen atoms in total. The van der Waals surface area contributed by atoms with Gasteiger partial charge in [0.15, 0.2) is 11.4 Å². The number of aromatic nitrogens is 2. The molecule has 1 heterocycles. The Morgan fingerprint density at radius 3 is 1.25 bits per heavy atom. The van der Waals surface area contributed by atoms with Crippen molar-refractivity contribution >= 4 is 31.9 Å². The summed E-state index contributed by atoms with van der Waals surface area (Å²) in [7, 11) is 0. The zero-order chi connectivity index (χ0) is 17.1. The first-order chi connectivity index (χ1) is 11.6. The highest BCUT2D eigenvalue weighted by atomic mass is 79.9. The van der Waals surface area contributed by atoms with E-state index in [0.29, 0.717) is 11.4 Å². The fourth-order valence-corrected chi connectivity index (χ4v) is 2.74. The van der Waals surface area contributed by atoms with Crippen molar-refractivity contribution in [1.29, 1.82) is 10.5 Å². The van der Waals surface area contributed by atoms with E-state index < -0.39 is 0 Å². The highest BCUT2D eigenvalue weighted by Gasteiger charge is 2.16. The molecule has 0 amide bonds. The second kappa shape index (κ2) is 6.92. The van der Waals surface area contributed by atoms with Gasteiger partial charge in [-0.2, -0.15) is 10.5 Å². The number of rotatable bonds is 2. The monoisotopic (exact) mass is 438 g/mol. The topological polar surface area (TPSA) is 73.4 Å². The maximum absolute atomic E-state index is 9.25. The second-order valence-electron chi connectivity index (χ2n) is 4.86. The average molecular weight is 440 g/mol. The van der Waals surface area contributed by atoms with E-state index >= 15 is 0 Å². The summed E-state index contributed by atoms with van der Waals surface area (Å²) in [4.78, 5) is 8.78. The van der Waals surface area contributed by atoms with Crippen molar-refractivity contribution in [3.05, 3.63) is 68.9 Å². The predicted molar refractivity (Wildman–Crippen MR) is 97.7 cm³/mol. The zero-order valence-electron chi connectivity index (χ0n) is 12.2. The van der Waals surface area contributed by atoms with Crippen LogP contribution < -0.4 is 0 Å². The second-order valence-corrected chi connectivity index (χ2v) is 6.69. The van der Waals surface area contributed by atoms with E-state index in [0.717, 1.165) is 20.1 Å². The molecule has 3 rings (SSSR count). The molecule has 0 spiro atoms. The van der Waals surface area contributed by atoms with E-state index in [1.54, 1.807) is 0 Å². The van der Waals surface area contributed by atoms with Crippen molar-refractivity contribution in [2.75, 3.05) is 0 Å². The first kappa shape index (κ1) is 16.3. The summed E-state index contributed by atoms with van der Waals surface area (Å²) in [5, 5.41) is 18.5. The molecule has 0 N–H and O–H groups in total. The van der Waals surface area contributed by atoms with Crippen LogP contribution in [0.1, 0.15) is 11.4 Å². The molecule has 1 aromatic heterocycles. The molecule has 0 aliphatic carbocycles. The van der Waals surface area contributed by atoms with Gasteiger partial charge in [0.05, 0.1) is 11.4 Å². The Balaban J connectivity index is 2.29. The van der Waals surface area contributed by atoms with Crippen molar-refractivity contribution in [2.45, 2.75) is 0 Å². The van der Waals surface area contributed by atoms with Crippen molar-refractivity contribution in [3.8, 4) is 34.7 Å². The number of nitriles is 2. The minimum Gasteiger partial charge on any atom is -0.232 e. The fourth-order valence-electron chi connectivity index (χ4n) is 2.21. The van der Waals surface area contributed by atoms with Crippen LogP contribution in [0.5, 0.6) is 0 Å². The summed E-state index contributed by atoms with van der Waals surface area (Å²) in [6, 6.07) is 19.0. The van der Waals surface area contributed by atoms with Gasteiger partial charge >= 0.3 is 0 Å².